The summed E-state index contributed by atoms with van der Waals surface area (Å²) < 4.78 is 12.6. The molecule has 0 saturated carbocycles. The van der Waals surface area contributed by atoms with Gasteiger partial charge < -0.3 is 5.73 Å². The SMILES string of the molecule is NC(=O)N(F)CCc1ccccc1. The fourth-order valence-corrected chi connectivity index (χ4v) is 0.982. The Kier molecular flexibility index (Phi) is 3.25. The first-order chi connectivity index (χ1) is 6.20. The summed E-state index contributed by atoms with van der Waals surface area (Å²) in [6.45, 7) is -0.000648. The van der Waals surface area contributed by atoms with Crippen molar-refractivity contribution in [3.63, 3.8) is 0 Å². The second-order valence-corrected chi connectivity index (χ2v) is 2.66. The van der Waals surface area contributed by atoms with Crippen LogP contribution in [0.25, 0.3) is 0 Å². The molecule has 0 aliphatic carbocycles. The first-order valence-corrected chi connectivity index (χ1v) is 3.97. The molecule has 0 atom stereocenters. The van der Waals surface area contributed by atoms with Crippen LogP contribution in [-0.2, 0) is 6.42 Å². The Morgan fingerprint density at radius 1 is 1.38 bits per heavy atom. The Hall–Kier alpha value is -1.58. The zero-order valence-electron chi connectivity index (χ0n) is 7.11. The second kappa shape index (κ2) is 4.45. The van der Waals surface area contributed by atoms with Gasteiger partial charge in [0.15, 0.2) is 0 Å². The lowest BCUT2D eigenvalue weighted by Gasteiger charge is -2.07. The summed E-state index contributed by atoms with van der Waals surface area (Å²) in [6, 6.07) is 8.30. The molecule has 0 unspecified atom stereocenters. The smallest absolute Gasteiger partial charge is 0.342 e. The number of primary amides is 1. The van der Waals surface area contributed by atoms with Gasteiger partial charge in [0.1, 0.15) is 0 Å². The Balaban J connectivity index is 2.39. The summed E-state index contributed by atoms with van der Waals surface area (Å²) >= 11 is 0. The Morgan fingerprint density at radius 2 is 2.00 bits per heavy atom. The van der Waals surface area contributed by atoms with E-state index in [2.05, 4.69) is 0 Å². The number of carbonyl (C=O) groups excluding carboxylic acids is 1. The summed E-state index contributed by atoms with van der Waals surface area (Å²) in [4.78, 5) is 10.3. The third-order valence-corrected chi connectivity index (χ3v) is 1.68. The zero-order valence-corrected chi connectivity index (χ0v) is 7.11. The molecule has 4 heteroatoms. The van der Waals surface area contributed by atoms with Crippen molar-refractivity contribution in [2.45, 2.75) is 6.42 Å². The van der Waals surface area contributed by atoms with Gasteiger partial charge >= 0.3 is 6.03 Å². The first-order valence-electron chi connectivity index (χ1n) is 3.97. The lowest BCUT2D eigenvalue weighted by molar-refractivity contribution is 0.0735. The standard InChI is InChI=1S/C9H11FN2O/c10-12(9(11)13)7-6-8-4-2-1-3-5-8/h1-5H,6-7H2,(H2,11,13). The zero-order chi connectivity index (χ0) is 9.68. The van der Waals surface area contributed by atoms with E-state index in [1.165, 1.54) is 0 Å². The molecule has 13 heavy (non-hydrogen) atoms. The number of benzene rings is 1. The largest absolute Gasteiger partial charge is 0.350 e. The molecular formula is C9H11FN2O. The summed E-state index contributed by atoms with van der Waals surface area (Å²) in [5, 5.41) is 0.00694. The minimum atomic E-state index is -1.05. The van der Waals surface area contributed by atoms with Gasteiger partial charge in [-0.1, -0.05) is 34.8 Å². The number of nitrogens with two attached hydrogens (primary N) is 1. The minimum Gasteiger partial charge on any atom is -0.350 e. The number of hydrogen-bond acceptors (Lipinski definition) is 1. The summed E-state index contributed by atoms with van der Waals surface area (Å²) in [6.07, 6.45) is 0.472. The molecule has 1 aromatic rings. The van der Waals surface area contributed by atoms with Gasteiger partial charge in [0.05, 0.1) is 6.54 Å². The van der Waals surface area contributed by atoms with Gasteiger partial charge in [-0.2, -0.15) is 5.12 Å². The van der Waals surface area contributed by atoms with Gasteiger partial charge in [0.2, 0.25) is 0 Å². The molecule has 0 fully saturated rings. The molecule has 2 N–H and O–H groups in total. The van der Waals surface area contributed by atoms with Crippen molar-refractivity contribution in [2.75, 3.05) is 6.54 Å². The normalized spacial score (nSPS) is 9.62. The van der Waals surface area contributed by atoms with E-state index in [4.69, 9.17) is 5.73 Å². The van der Waals surface area contributed by atoms with Gasteiger partial charge in [-0.25, -0.2) is 4.79 Å². The van der Waals surface area contributed by atoms with Crippen molar-refractivity contribution < 1.29 is 9.28 Å². The highest BCUT2D eigenvalue weighted by atomic mass is 19.2. The van der Waals surface area contributed by atoms with Crippen LogP contribution < -0.4 is 5.73 Å². The molecule has 0 saturated heterocycles. The molecule has 0 radical (unpaired) electrons. The van der Waals surface area contributed by atoms with Crippen molar-refractivity contribution in [1.29, 1.82) is 0 Å². The topological polar surface area (TPSA) is 46.3 Å². The molecule has 0 heterocycles. The van der Waals surface area contributed by atoms with Gasteiger partial charge in [-0.15, -0.1) is 0 Å². The van der Waals surface area contributed by atoms with Crippen molar-refractivity contribution in [2.24, 2.45) is 5.73 Å². The van der Waals surface area contributed by atoms with Crippen molar-refractivity contribution in [1.82, 2.24) is 5.12 Å². The average molecular weight is 182 g/mol. The third-order valence-electron chi connectivity index (χ3n) is 1.68. The Morgan fingerprint density at radius 3 is 2.54 bits per heavy atom. The van der Waals surface area contributed by atoms with Crippen LogP contribution in [0.4, 0.5) is 9.28 Å². The molecule has 1 rings (SSSR count). The molecular weight excluding hydrogens is 171 g/mol. The molecule has 0 aliphatic heterocycles. The lowest BCUT2D eigenvalue weighted by atomic mass is 10.1. The van der Waals surface area contributed by atoms with Crippen LogP contribution in [0.5, 0.6) is 0 Å². The molecule has 0 bridgehead atoms. The quantitative estimate of drug-likeness (QED) is 0.707. The molecule has 0 spiro atoms. The van der Waals surface area contributed by atoms with Crippen LogP contribution in [0.1, 0.15) is 5.56 Å². The van der Waals surface area contributed by atoms with E-state index in [0.717, 1.165) is 5.56 Å². The third kappa shape index (κ3) is 3.11. The second-order valence-electron chi connectivity index (χ2n) is 2.66. The number of amides is 2. The van der Waals surface area contributed by atoms with Gasteiger partial charge in [-0.3, -0.25) is 0 Å². The molecule has 0 aliphatic rings. The number of carbonyl (C=O) groups is 1. The highest BCUT2D eigenvalue weighted by Gasteiger charge is 2.06. The first kappa shape index (κ1) is 9.51. The van der Waals surface area contributed by atoms with E-state index in [0.29, 0.717) is 6.42 Å². The Bertz CT molecular complexity index is 276. The van der Waals surface area contributed by atoms with Crippen LogP contribution in [0, 0.1) is 0 Å². The van der Waals surface area contributed by atoms with Gasteiger partial charge in [0, 0.05) is 0 Å². The van der Waals surface area contributed by atoms with E-state index >= 15 is 0 Å². The average Bonchev–Trinajstić information content (AvgIpc) is 2.15. The maximum absolute atomic E-state index is 12.6. The minimum absolute atomic E-state index is 0.000648. The highest BCUT2D eigenvalue weighted by molar-refractivity contribution is 5.70. The molecule has 3 nitrogen and oxygen atoms in total. The highest BCUT2D eigenvalue weighted by Crippen LogP contribution is 2.01. The van der Waals surface area contributed by atoms with Crippen LogP contribution in [-0.4, -0.2) is 17.7 Å². The predicted octanol–water partition coefficient (Wildman–Crippen LogP) is 1.49. The van der Waals surface area contributed by atoms with E-state index < -0.39 is 6.03 Å². The van der Waals surface area contributed by atoms with Gasteiger partial charge in [0.25, 0.3) is 0 Å². The van der Waals surface area contributed by atoms with Crippen LogP contribution >= 0.6 is 0 Å². The maximum Gasteiger partial charge on any atom is 0.342 e. The summed E-state index contributed by atoms with van der Waals surface area (Å²) in [7, 11) is 0. The lowest BCUT2D eigenvalue weighted by Crippen LogP contribution is -2.30. The van der Waals surface area contributed by atoms with E-state index in [9.17, 15) is 9.28 Å². The summed E-state index contributed by atoms with van der Waals surface area (Å²) in [5.41, 5.74) is 5.69. The molecule has 2 amide bonds. The predicted molar refractivity (Wildman–Crippen MR) is 47.5 cm³/mol. The maximum atomic E-state index is 12.6. The van der Waals surface area contributed by atoms with Crippen molar-refractivity contribution in [3.05, 3.63) is 35.9 Å². The fraction of sp³-hybridized carbons (Fsp3) is 0.222. The van der Waals surface area contributed by atoms with Crippen LogP contribution in [0.15, 0.2) is 30.3 Å². The van der Waals surface area contributed by atoms with E-state index in [-0.39, 0.29) is 11.7 Å². The fourth-order valence-electron chi connectivity index (χ4n) is 0.982. The van der Waals surface area contributed by atoms with Crippen molar-refractivity contribution in [3.8, 4) is 0 Å². The molecule has 70 valence electrons. The van der Waals surface area contributed by atoms with Crippen molar-refractivity contribution >= 4 is 6.03 Å². The van der Waals surface area contributed by atoms with Crippen LogP contribution in [0.3, 0.4) is 0 Å². The van der Waals surface area contributed by atoms with Gasteiger partial charge in [-0.05, 0) is 12.0 Å². The monoisotopic (exact) mass is 182 g/mol. The molecule has 1 aromatic carbocycles. The number of urea groups is 1. The Labute approximate surface area is 75.9 Å². The summed E-state index contributed by atoms with van der Waals surface area (Å²) in [5.74, 6) is 0. The van der Waals surface area contributed by atoms with E-state index in [1.807, 2.05) is 30.3 Å². The molecule has 0 aromatic heterocycles. The number of halogens is 1. The van der Waals surface area contributed by atoms with Crippen LogP contribution in [0.2, 0.25) is 0 Å². The van der Waals surface area contributed by atoms with E-state index in [1.54, 1.807) is 0 Å². The number of hydrogen-bond donors (Lipinski definition) is 1. The number of rotatable bonds is 3. The number of nitrogens with zero attached hydrogens (tertiary/aromatic N) is 1.